The first-order valence-electron chi connectivity index (χ1n) is 4.61. The summed E-state index contributed by atoms with van der Waals surface area (Å²) >= 11 is 3.33. The van der Waals surface area contributed by atoms with Crippen LogP contribution in [0.4, 0.5) is 0 Å². The number of aliphatic hydroxyl groups is 1. The molecule has 0 atom stereocenters. The summed E-state index contributed by atoms with van der Waals surface area (Å²) in [7, 11) is 0. The molecule has 2 rings (SSSR count). The number of benzene rings is 1. The van der Waals surface area contributed by atoms with Gasteiger partial charge in [-0.3, -0.25) is 0 Å². The average Bonchev–Trinajstić information content (AvgIpc) is 2.76. The maximum atomic E-state index is 8.90. The van der Waals surface area contributed by atoms with Crippen LogP contribution in [-0.2, 0) is 12.4 Å². The van der Waals surface area contributed by atoms with E-state index in [0.717, 1.165) is 15.6 Å². The first kappa shape index (κ1) is 10.7. The first-order chi connectivity index (χ1) is 7.38. The summed E-state index contributed by atoms with van der Waals surface area (Å²) in [6.45, 7) is 0.0909. The number of aliphatic hydroxyl groups excluding tert-OH is 1. The van der Waals surface area contributed by atoms with Crippen LogP contribution in [0.25, 0.3) is 0 Å². The molecule has 1 heterocycles. The van der Waals surface area contributed by atoms with Crippen molar-refractivity contribution in [1.82, 2.24) is 4.98 Å². The molecule has 0 unspecified atom stereocenters. The minimum Gasteiger partial charge on any atom is -0.391 e. The predicted octanol–water partition coefficient (Wildman–Crippen LogP) is 2.93. The number of thiazole rings is 1. The van der Waals surface area contributed by atoms with Gasteiger partial charge in [0.05, 0.1) is 17.2 Å². The smallest absolute Gasteiger partial charge is 0.103 e. The van der Waals surface area contributed by atoms with E-state index >= 15 is 0 Å². The van der Waals surface area contributed by atoms with E-state index in [1.807, 2.05) is 18.2 Å². The lowest BCUT2D eigenvalue weighted by Crippen LogP contribution is -1.76. The van der Waals surface area contributed by atoms with Gasteiger partial charge in [0.2, 0.25) is 0 Å². The van der Waals surface area contributed by atoms with Crippen molar-refractivity contribution in [3.8, 4) is 0 Å². The highest BCUT2D eigenvalue weighted by molar-refractivity contribution is 7.98. The van der Waals surface area contributed by atoms with E-state index in [4.69, 9.17) is 5.11 Å². The zero-order valence-electron chi connectivity index (χ0n) is 8.09. The van der Waals surface area contributed by atoms with Crippen molar-refractivity contribution in [2.75, 3.05) is 0 Å². The molecule has 4 heteroatoms. The van der Waals surface area contributed by atoms with Crippen LogP contribution in [0.5, 0.6) is 0 Å². The van der Waals surface area contributed by atoms with E-state index in [1.165, 1.54) is 4.90 Å². The van der Waals surface area contributed by atoms with Crippen LogP contribution in [0.15, 0.2) is 41.4 Å². The summed E-state index contributed by atoms with van der Waals surface area (Å²) in [6.07, 6.45) is 1.74. The fraction of sp³-hybridized carbons (Fsp3) is 0.182. The average molecular weight is 237 g/mol. The molecule has 2 aromatic rings. The number of thioether (sulfide) groups is 1. The molecule has 0 saturated heterocycles. The molecule has 78 valence electrons. The lowest BCUT2D eigenvalue weighted by molar-refractivity contribution is 0.285. The standard InChI is InChI=1S/C11H11NOS2/c13-7-10-6-12-11(15-10)8-14-9-4-2-1-3-5-9/h1-6,13H,7-8H2. The minimum absolute atomic E-state index is 0.0909. The van der Waals surface area contributed by atoms with Crippen LogP contribution in [0, 0.1) is 0 Å². The number of aromatic nitrogens is 1. The third-order valence-corrected chi connectivity index (χ3v) is 4.05. The molecular weight excluding hydrogens is 226 g/mol. The van der Waals surface area contributed by atoms with Crippen LogP contribution in [0.2, 0.25) is 0 Å². The van der Waals surface area contributed by atoms with E-state index < -0.39 is 0 Å². The Kier molecular flexibility index (Phi) is 3.77. The quantitative estimate of drug-likeness (QED) is 0.830. The number of rotatable bonds is 4. The summed E-state index contributed by atoms with van der Waals surface area (Å²) in [5.74, 6) is 0.870. The van der Waals surface area contributed by atoms with Gasteiger partial charge in [0.15, 0.2) is 0 Å². The van der Waals surface area contributed by atoms with Crippen LogP contribution >= 0.6 is 23.1 Å². The van der Waals surface area contributed by atoms with Crippen molar-refractivity contribution >= 4 is 23.1 Å². The second-order valence-corrected chi connectivity index (χ2v) is 5.23. The fourth-order valence-electron chi connectivity index (χ4n) is 1.15. The Labute approximate surface area is 97.0 Å². The van der Waals surface area contributed by atoms with Gasteiger partial charge in [-0.1, -0.05) is 18.2 Å². The molecule has 0 aliphatic carbocycles. The van der Waals surface area contributed by atoms with Gasteiger partial charge >= 0.3 is 0 Å². The SMILES string of the molecule is OCc1cnc(CSc2ccccc2)s1. The zero-order valence-corrected chi connectivity index (χ0v) is 9.72. The molecule has 2 nitrogen and oxygen atoms in total. The van der Waals surface area contributed by atoms with Crippen LogP contribution in [-0.4, -0.2) is 10.1 Å². The van der Waals surface area contributed by atoms with Crippen molar-refractivity contribution in [3.63, 3.8) is 0 Å². The van der Waals surface area contributed by atoms with E-state index in [9.17, 15) is 0 Å². The number of hydrogen-bond acceptors (Lipinski definition) is 4. The Morgan fingerprint density at radius 2 is 2.07 bits per heavy atom. The van der Waals surface area contributed by atoms with Crippen molar-refractivity contribution in [1.29, 1.82) is 0 Å². The predicted molar refractivity (Wildman–Crippen MR) is 64.0 cm³/mol. The summed E-state index contributed by atoms with van der Waals surface area (Å²) in [6, 6.07) is 10.3. The molecule has 1 N–H and O–H groups in total. The van der Waals surface area contributed by atoms with Gasteiger partial charge in [-0.05, 0) is 12.1 Å². The Hall–Kier alpha value is -0.840. The summed E-state index contributed by atoms with van der Waals surface area (Å²) in [5.41, 5.74) is 0. The summed E-state index contributed by atoms with van der Waals surface area (Å²) in [5, 5.41) is 9.96. The van der Waals surface area contributed by atoms with Gasteiger partial charge < -0.3 is 5.11 Å². The normalized spacial score (nSPS) is 10.5. The van der Waals surface area contributed by atoms with Gasteiger partial charge in [0, 0.05) is 11.1 Å². The molecule has 1 aromatic heterocycles. The van der Waals surface area contributed by atoms with E-state index in [2.05, 4.69) is 17.1 Å². The Balaban J connectivity index is 1.93. The molecule has 0 bridgehead atoms. The molecule has 0 aliphatic rings. The maximum Gasteiger partial charge on any atom is 0.103 e. The molecule has 0 radical (unpaired) electrons. The Bertz CT molecular complexity index is 414. The minimum atomic E-state index is 0.0909. The van der Waals surface area contributed by atoms with E-state index in [0.29, 0.717) is 0 Å². The van der Waals surface area contributed by atoms with Gasteiger partial charge in [-0.2, -0.15) is 0 Å². The highest BCUT2D eigenvalue weighted by atomic mass is 32.2. The van der Waals surface area contributed by atoms with Crippen LogP contribution in [0.3, 0.4) is 0 Å². The summed E-state index contributed by atoms with van der Waals surface area (Å²) in [4.78, 5) is 6.42. The number of hydrogen-bond donors (Lipinski definition) is 1. The van der Waals surface area contributed by atoms with Crippen molar-refractivity contribution in [2.24, 2.45) is 0 Å². The van der Waals surface area contributed by atoms with Crippen LogP contribution < -0.4 is 0 Å². The molecule has 0 amide bonds. The molecule has 0 spiro atoms. The highest BCUT2D eigenvalue weighted by Gasteiger charge is 2.01. The largest absolute Gasteiger partial charge is 0.391 e. The molecule has 15 heavy (non-hydrogen) atoms. The molecule has 1 aromatic carbocycles. The third kappa shape index (κ3) is 3.06. The molecular formula is C11H11NOS2. The van der Waals surface area contributed by atoms with Gasteiger partial charge in [-0.15, -0.1) is 23.1 Å². The zero-order chi connectivity index (χ0) is 10.5. The molecule has 0 fully saturated rings. The second kappa shape index (κ2) is 5.30. The monoisotopic (exact) mass is 237 g/mol. The molecule has 0 aliphatic heterocycles. The second-order valence-electron chi connectivity index (χ2n) is 2.98. The van der Waals surface area contributed by atoms with E-state index in [-0.39, 0.29) is 6.61 Å². The lowest BCUT2D eigenvalue weighted by atomic mass is 10.4. The maximum absolute atomic E-state index is 8.90. The van der Waals surface area contributed by atoms with Gasteiger partial charge in [0.25, 0.3) is 0 Å². The van der Waals surface area contributed by atoms with Crippen molar-refractivity contribution < 1.29 is 5.11 Å². The van der Waals surface area contributed by atoms with Crippen molar-refractivity contribution in [2.45, 2.75) is 17.3 Å². The van der Waals surface area contributed by atoms with Crippen molar-refractivity contribution in [3.05, 3.63) is 46.4 Å². The van der Waals surface area contributed by atoms with Gasteiger partial charge in [0.1, 0.15) is 5.01 Å². The van der Waals surface area contributed by atoms with E-state index in [1.54, 1.807) is 29.3 Å². The summed E-state index contributed by atoms with van der Waals surface area (Å²) < 4.78 is 0. The highest BCUT2D eigenvalue weighted by Crippen LogP contribution is 2.24. The van der Waals surface area contributed by atoms with Crippen LogP contribution in [0.1, 0.15) is 9.88 Å². The topological polar surface area (TPSA) is 33.1 Å². The Morgan fingerprint density at radius 1 is 1.27 bits per heavy atom. The number of nitrogens with zero attached hydrogens (tertiary/aromatic N) is 1. The third-order valence-electron chi connectivity index (χ3n) is 1.86. The first-order valence-corrected chi connectivity index (χ1v) is 6.41. The molecule has 0 saturated carbocycles. The Morgan fingerprint density at radius 3 is 2.73 bits per heavy atom. The lowest BCUT2D eigenvalue weighted by Gasteiger charge is -1.97. The van der Waals surface area contributed by atoms with Gasteiger partial charge in [-0.25, -0.2) is 4.98 Å². The fourth-order valence-corrected chi connectivity index (χ4v) is 2.85.